The third-order valence-electron chi connectivity index (χ3n) is 6.02. The number of hydrogen-bond donors (Lipinski definition) is 1. The summed E-state index contributed by atoms with van der Waals surface area (Å²) in [7, 11) is -4.11. The SMILES string of the molecule is CCCC(c1c(O)c2c(oc1=O)CCCCCC2)N(c1ccccc1)S(=O)(=O)c1cscn1. The average molecular weight is 489 g/mol. The average Bonchev–Trinajstić information content (AvgIpc) is 3.32. The van der Waals surface area contributed by atoms with Gasteiger partial charge in [0.05, 0.1) is 17.2 Å². The summed E-state index contributed by atoms with van der Waals surface area (Å²) >= 11 is 1.18. The zero-order valence-corrected chi connectivity index (χ0v) is 20.2. The lowest BCUT2D eigenvalue weighted by Crippen LogP contribution is -2.37. The van der Waals surface area contributed by atoms with Gasteiger partial charge in [0.2, 0.25) is 0 Å². The minimum absolute atomic E-state index is 0.00108. The number of anilines is 1. The number of rotatable bonds is 7. The van der Waals surface area contributed by atoms with Crippen LogP contribution in [-0.4, -0.2) is 18.5 Å². The number of benzene rings is 1. The zero-order valence-electron chi connectivity index (χ0n) is 18.6. The second kappa shape index (κ2) is 10.1. The molecule has 1 atom stereocenters. The first-order chi connectivity index (χ1) is 15.9. The van der Waals surface area contributed by atoms with Gasteiger partial charge >= 0.3 is 5.63 Å². The Morgan fingerprint density at radius 2 is 1.88 bits per heavy atom. The second-order valence-corrected chi connectivity index (χ2v) is 10.7. The largest absolute Gasteiger partial charge is 0.507 e. The van der Waals surface area contributed by atoms with E-state index in [4.69, 9.17) is 4.42 Å². The molecule has 9 heteroatoms. The van der Waals surface area contributed by atoms with Gasteiger partial charge in [0.25, 0.3) is 10.0 Å². The molecule has 0 amide bonds. The number of sulfonamides is 1. The van der Waals surface area contributed by atoms with Crippen LogP contribution in [0.4, 0.5) is 5.69 Å². The van der Waals surface area contributed by atoms with Crippen LogP contribution in [0.5, 0.6) is 5.75 Å². The molecular formula is C24H28N2O5S2. The Kier molecular flexibility index (Phi) is 7.19. The number of fused-ring (bicyclic) bond motifs is 1. The summed E-state index contributed by atoms with van der Waals surface area (Å²) in [5.41, 5.74) is 1.81. The summed E-state index contributed by atoms with van der Waals surface area (Å²) in [6.07, 6.45) is 5.98. The van der Waals surface area contributed by atoms with Gasteiger partial charge in [-0.2, -0.15) is 8.42 Å². The molecule has 1 aliphatic rings. The Balaban J connectivity index is 1.93. The summed E-state index contributed by atoms with van der Waals surface area (Å²) in [6, 6.07) is 7.70. The molecule has 0 radical (unpaired) electrons. The fourth-order valence-corrected chi connectivity index (χ4v) is 6.92. The number of thiazole rings is 1. The lowest BCUT2D eigenvalue weighted by molar-refractivity contribution is 0.379. The van der Waals surface area contributed by atoms with E-state index in [0.29, 0.717) is 42.7 Å². The molecule has 2 heterocycles. The maximum atomic E-state index is 13.8. The first-order valence-corrected chi connectivity index (χ1v) is 13.7. The van der Waals surface area contributed by atoms with Crippen molar-refractivity contribution in [2.24, 2.45) is 0 Å². The van der Waals surface area contributed by atoms with Crippen LogP contribution in [0.1, 0.15) is 68.4 Å². The third-order valence-corrected chi connectivity index (χ3v) is 8.49. The van der Waals surface area contributed by atoms with E-state index in [0.717, 1.165) is 25.7 Å². The first-order valence-electron chi connectivity index (χ1n) is 11.3. The number of aromatic hydroxyl groups is 1. The predicted molar refractivity (Wildman–Crippen MR) is 128 cm³/mol. The Morgan fingerprint density at radius 3 is 2.55 bits per heavy atom. The summed E-state index contributed by atoms with van der Waals surface area (Å²) in [5, 5.41) is 12.7. The molecule has 1 aliphatic carbocycles. The highest BCUT2D eigenvalue weighted by molar-refractivity contribution is 7.92. The molecule has 2 aromatic heterocycles. The van der Waals surface area contributed by atoms with Crippen molar-refractivity contribution < 1.29 is 17.9 Å². The Morgan fingerprint density at radius 1 is 1.15 bits per heavy atom. The molecule has 3 aromatic rings. The maximum absolute atomic E-state index is 13.8. The van der Waals surface area contributed by atoms with E-state index in [1.54, 1.807) is 30.3 Å². The van der Waals surface area contributed by atoms with Gasteiger partial charge < -0.3 is 9.52 Å². The van der Waals surface area contributed by atoms with Crippen molar-refractivity contribution in [3.8, 4) is 5.75 Å². The Bertz CT molecular complexity index is 1240. The van der Waals surface area contributed by atoms with E-state index in [-0.39, 0.29) is 16.3 Å². The predicted octanol–water partition coefficient (Wildman–Crippen LogP) is 5.20. The van der Waals surface area contributed by atoms with E-state index in [2.05, 4.69) is 4.98 Å². The highest BCUT2D eigenvalue weighted by Crippen LogP contribution is 2.40. The maximum Gasteiger partial charge on any atom is 0.345 e. The molecule has 176 valence electrons. The Labute approximate surface area is 197 Å². The van der Waals surface area contributed by atoms with Gasteiger partial charge in [-0.3, -0.25) is 4.31 Å². The minimum Gasteiger partial charge on any atom is -0.507 e. The fraction of sp³-hybridized carbons (Fsp3) is 0.417. The van der Waals surface area contributed by atoms with E-state index >= 15 is 0 Å². The van der Waals surface area contributed by atoms with Crippen molar-refractivity contribution in [1.82, 2.24) is 4.98 Å². The normalized spacial score (nSPS) is 15.3. The summed E-state index contributed by atoms with van der Waals surface area (Å²) in [6.45, 7) is 1.91. The fourth-order valence-electron chi connectivity index (χ4n) is 4.46. The van der Waals surface area contributed by atoms with Gasteiger partial charge in [-0.05, 0) is 37.8 Å². The van der Waals surface area contributed by atoms with Gasteiger partial charge in [-0.15, -0.1) is 11.3 Å². The second-order valence-electron chi connectivity index (χ2n) is 8.24. The van der Waals surface area contributed by atoms with Crippen LogP contribution in [0, 0.1) is 0 Å². The van der Waals surface area contributed by atoms with Crippen LogP contribution in [0.2, 0.25) is 0 Å². The molecule has 0 bridgehead atoms. The summed E-state index contributed by atoms with van der Waals surface area (Å²) < 4.78 is 34.4. The van der Waals surface area contributed by atoms with E-state index in [1.165, 1.54) is 26.5 Å². The summed E-state index contributed by atoms with van der Waals surface area (Å²) in [4.78, 5) is 17.2. The van der Waals surface area contributed by atoms with Crippen molar-refractivity contribution in [2.45, 2.75) is 69.4 Å². The summed E-state index contributed by atoms with van der Waals surface area (Å²) in [5.74, 6) is 0.390. The van der Waals surface area contributed by atoms with Crippen LogP contribution in [-0.2, 0) is 22.9 Å². The quantitative estimate of drug-likeness (QED) is 0.491. The molecule has 7 nitrogen and oxygen atoms in total. The molecule has 0 fully saturated rings. The topological polar surface area (TPSA) is 101 Å². The Hall–Kier alpha value is -2.65. The molecule has 0 saturated carbocycles. The van der Waals surface area contributed by atoms with Crippen LogP contribution < -0.4 is 9.93 Å². The zero-order chi connectivity index (χ0) is 23.4. The monoisotopic (exact) mass is 488 g/mol. The van der Waals surface area contributed by atoms with Gasteiger partial charge in [0.1, 0.15) is 17.1 Å². The minimum atomic E-state index is -4.11. The van der Waals surface area contributed by atoms with Crippen LogP contribution in [0.15, 0.2) is 55.5 Å². The number of para-hydroxylation sites is 1. The molecule has 33 heavy (non-hydrogen) atoms. The van der Waals surface area contributed by atoms with Crippen LogP contribution in [0.25, 0.3) is 0 Å². The number of aryl methyl sites for hydroxylation is 1. The molecule has 0 aliphatic heterocycles. The van der Waals surface area contributed by atoms with E-state index in [1.807, 2.05) is 6.92 Å². The van der Waals surface area contributed by atoms with Crippen molar-refractivity contribution in [1.29, 1.82) is 0 Å². The van der Waals surface area contributed by atoms with Crippen molar-refractivity contribution in [3.63, 3.8) is 0 Å². The molecular weight excluding hydrogens is 460 g/mol. The molecule has 0 spiro atoms. The van der Waals surface area contributed by atoms with Crippen LogP contribution >= 0.6 is 11.3 Å². The molecule has 1 aromatic carbocycles. The van der Waals surface area contributed by atoms with Gasteiger partial charge in [-0.25, -0.2) is 9.78 Å². The van der Waals surface area contributed by atoms with Crippen molar-refractivity contribution >= 4 is 27.0 Å². The van der Waals surface area contributed by atoms with Gasteiger partial charge in [0, 0.05) is 17.4 Å². The van der Waals surface area contributed by atoms with Crippen molar-refractivity contribution in [3.05, 3.63) is 68.5 Å². The number of hydrogen-bond acceptors (Lipinski definition) is 7. The highest BCUT2D eigenvalue weighted by atomic mass is 32.2. The smallest absolute Gasteiger partial charge is 0.345 e. The van der Waals surface area contributed by atoms with Crippen LogP contribution in [0.3, 0.4) is 0 Å². The molecule has 1 unspecified atom stereocenters. The molecule has 1 N–H and O–H groups in total. The van der Waals surface area contributed by atoms with Crippen molar-refractivity contribution in [2.75, 3.05) is 4.31 Å². The lowest BCUT2D eigenvalue weighted by atomic mass is 9.93. The molecule has 0 saturated heterocycles. The number of nitrogens with zero attached hydrogens (tertiary/aromatic N) is 2. The van der Waals surface area contributed by atoms with E-state index in [9.17, 15) is 18.3 Å². The van der Waals surface area contributed by atoms with E-state index < -0.39 is 21.7 Å². The first kappa shape index (κ1) is 23.5. The standard InChI is InChI=1S/C24H28N2O5S2/c1-2-10-19(22-23(27)18-13-8-3-4-9-14-20(18)31-24(22)28)26(17-11-6-5-7-12-17)33(29,30)21-15-32-16-25-21/h5-7,11-12,15-16,19,27H,2-4,8-10,13-14H2,1H3. The number of aromatic nitrogens is 1. The lowest BCUT2D eigenvalue weighted by Gasteiger charge is -2.32. The highest BCUT2D eigenvalue weighted by Gasteiger charge is 2.38. The third kappa shape index (κ3) is 4.70. The van der Waals surface area contributed by atoms with Gasteiger partial charge in [0.15, 0.2) is 5.03 Å². The van der Waals surface area contributed by atoms with Gasteiger partial charge in [-0.1, -0.05) is 44.4 Å². The molecule has 4 rings (SSSR count).